The van der Waals surface area contributed by atoms with E-state index in [-0.39, 0.29) is 0 Å². The van der Waals surface area contributed by atoms with Gasteiger partial charge in [-0.25, -0.2) is 0 Å². The van der Waals surface area contributed by atoms with Crippen LogP contribution >= 0.6 is 0 Å². The van der Waals surface area contributed by atoms with Crippen LogP contribution in [-0.2, 0) is 4.79 Å². The van der Waals surface area contributed by atoms with Gasteiger partial charge < -0.3 is 0 Å². The van der Waals surface area contributed by atoms with E-state index < -0.39 is 0 Å². The zero-order valence-corrected chi connectivity index (χ0v) is 8.47. The molecule has 1 heteroatoms. The van der Waals surface area contributed by atoms with E-state index >= 15 is 0 Å². The van der Waals surface area contributed by atoms with Gasteiger partial charge in [0.15, 0.2) is 0 Å². The zero-order valence-electron chi connectivity index (χ0n) is 8.47. The van der Waals surface area contributed by atoms with E-state index in [9.17, 15) is 4.79 Å². The van der Waals surface area contributed by atoms with Crippen LogP contribution in [0, 0.1) is 17.8 Å². The minimum atomic E-state index is 0.328. The summed E-state index contributed by atoms with van der Waals surface area (Å²) in [7, 11) is 0. The minimum Gasteiger partial charge on any atom is -0.299 e. The molecule has 2 unspecified atom stereocenters. The van der Waals surface area contributed by atoms with Crippen molar-refractivity contribution in [2.45, 2.75) is 46.5 Å². The molecule has 0 aromatic carbocycles. The predicted molar refractivity (Wildman–Crippen MR) is 51.0 cm³/mol. The van der Waals surface area contributed by atoms with E-state index in [2.05, 4.69) is 20.8 Å². The van der Waals surface area contributed by atoms with Gasteiger partial charge in [0.05, 0.1) is 0 Å². The summed E-state index contributed by atoms with van der Waals surface area (Å²) >= 11 is 0. The third kappa shape index (κ3) is 2.33. The van der Waals surface area contributed by atoms with Gasteiger partial charge in [0.25, 0.3) is 0 Å². The van der Waals surface area contributed by atoms with Gasteiger partial charge in [0, 0.05) is 12.3 Å². The topological polar surface area (TPSA) is 17.1 Å². The van der Waals surface area contributed by atoms with Gasteiger partial charge in [0.2, 0.25) is 0 Å². The average molecular weight is 168 g/mol. The predicted octanol–water partition coefficient (Wildman–Crippen LogP) is 3.04. The van der Waals surface area contributed by atoms with Crippen molar-refractivity contribution < 1.29 is 4.79 Å². The molecule has 1 rings (SSSR count). The summed E-state index contributed by atoms with van der Waals surface area (Å²) in [6.45, 7) is 6.61. The van der Waals surface area contributed by atoms with Crippen LogP contribution in [0.2, 0.25) is 0 Å². The van der Waals surface area contributed by atoms with Gasteiger partial charge >= 0.3 is 0 Å². The summed E-state index contributed by atoms with van der Waals surface area (Å²) in [5, 5.41) is 0. The molecule has 0 aromatic rings. The molecule has 12 heavy (non-hydrogen) atoms. The third-order valence-electron chi connectivity index (χ3n) is 3.22. The Labute approximate surface area is 75.5 Å². The smallest absolute Gasteiger partial charge is 0.135 e. The third-order valence-corrected chi connectivity index (χ3v) is 3.22. The van der Waals surface area contributed by atoms with Crippen molar-refractivity contribution in [3.63, 3.8) is 0 Å². The highest BCUT2D eigenvalue weighted by Gasteiger charge is 2.23. The van der Waals surface area contributed by atoms with E-state index in [4.69, 9.17) is 0 Å². The van der Waals surface area contributed by atoms with Crippen LogP contribution in [0.1, 0.15) is 46.5 Å². The first kappa shape index (κ1) is 9.76. The number of Topliss-reactive ketones (excluding diaryl/α,β-unsaturated/α-hetero) is 1. The summed E-state index contributed by atoms with van der Waals surface area (Å²) < 4.78 is 0. The fourth-order valence-electron chi connectivity index (χ4n) is 2.01. The molecule has 1 aliphatic rings. The molecule has 2 atom stereocenters. The lowest BCUT2D eigenvalue weighted by Gasteiger charge is -2.17. The summed E-state index contributed by atoms with van der Waals surface area (Å²) in [4.78, 5) is 11.4. The molecular formula is C11H20O. The van der Waals surface area contributed by atoms with E-state index in [1.165, 1.54) is 6.42 Å². The molecule has 0 heterocycles. The Morgan fingerprint density at radius 1 is 1.25 bits per heavy atom. The maximum atomic E-state index is 11.4. The molecule has 0 bridgehead atoms. The van der Waals surface area contributed by atoms with Crippen LogP contribution in [0.5, 0.6) is 0 Å². The van der Waals surface area contributed by atoms with E-state index in [1.807, 2.05) is 0 Å². The Morgan fingerprint density at radius 3 is 2.50 bits per heavy atom. The molecule has 0 N–H and O–H groups in total. The van der Waals surface area contributed by atoms with Gasteiger partial charge in [-0.2, -0.15) is 0 Å². The lowest BCUT2D eigenvalue weighted by atomic mass is 9.89. The van der Waals surface area contributed by atoms with E-state index in [0.29, 0.717) is 11.7 Å². The van der Waals surface area contributed by atoms with E-state index in [1.54, 1.807) is 0 Å². The molecule has 1 saturated carbocycles. The van der Waals surface area contributed by atoms with Crippen molar-refractivity contribution in [3.05, 3.63) is 0 Å². The summed E-state index contributed by atoms with van der Waals surface area (Å²) in [6, 6.07) is 0. The Balaban J connectivity index is 2.49. The number of carbonyl (C=O) groups is 1. The fourth-order valence-corrected chi connectivity index (χ4v) is 2.01. The van der Waals surface area contributed by atoms with Crippen LogP contribution in [0.25, 0.3) is 0 Å². The Hall–Kier alpha value is -0.330. The fraction of sp³-hybridized carbons (Fsp3) is 0.909. The van der Waals surface area contributed by atoms with Gasteiger partial charge in [0.1, 0.15) is 5.78 Å². The second kappa shape index (κ2) is 4.06. The number of rotatable bonds is 1. The number of hydrogen-bond acceptors (Lipinski definition) is 1. The van der Waals surface area contributed by atoms with Gasteiger partial charge in [-0.15, -0.1) is 0 Å². The van der Waals surface area contributed by atoms with Crippen molar-refractivity contribution in [3.8, 4) is 0 Å². The molecule has 1 nitrogen and oxygen atoms in total. The second-order valence-electron chi connectivity index (χ2n) is 4.49. The summed E-state index contributed by atoms with van der Waals surface area (Å²) in [5.41, 5.74) is 0. The Bertz CT molecular complexity index is 160. The zero-order chi connectivity index (χ0) is 9.14. The molecule has 0 spiro atoms. The monoisotopic (exact) mass is 168 g/mol. The van der Waals surface area contributed by atoms with Crippen molar-refractivity contribution in [1.82, 2.24) is 0 Å². The number of carbonyl (C=O) groups excluding carboxylic acids is 1. The highest BCUT2D eigenvalue weighted by atomic mass is 16.1. The summed E-state index contributed by atoms with van der Waals surface area (Å²) in [6.07, 6.45) is 4.32. The molecule has 1 fully saturated rings. The molecule has 1 aliphatic carbocycles. The molecule has 70 valence electrons. The number of hydrogen-bond donors (Lipinski definition) is 0. The highest BCUT2D eigenvalue weighted by Crippen LogP contribution is 2.29. The van der Waals surface area contributed by atoms with Crippen LogP contribution in [0.15, 0.2) is 0 Å². The normalized spacial score (nSPS) is 32.2. The van der Waals surface area contributed by atoms with Crippen LogP contribution in [0.4, 0.5) is 0 Å². The minimum absolute atomic E-state index is 0.328. The first-order valence-electron chi connectivity index (χ1n) is 5.14. The summed E-state index contributed by atoms with van der Waals surface area (Å²) in [5.74, 6) is 2.36. The lowest BCUT2D eigenvalue weighted by molar-refractivity contribution is -0.122. The first-order chi connectivity index (χ1) is 5.61. The quantitative estimate of drug-likeness (QED) is 0.550. The van der Waals surface area contributed by atoms with Crippen LogP contribution < -0.4 is 0 Å². The lowest BCUT2D eigenvalue weighted by Crippen LogP contribution is -2.07. The average Bonchev–Trinajstić information content (AvgIpc) is 2.16. The standard InChI is InChI=1S/C11H20O/c1-8(2)10-5-4-9(3)11(12)7-6-10/h8-10H,4-7H2,1-3H3. The van der Waals surface area contributed by atoms with Gasteiger partial charge in [-0.05, 0) is 31.1 Å². The van der Waals surface area contributed by atoms with Crippen molar-refractivity contribution >= 4 is 5.78 Å². The van der Waals surface area contributed by atoms with Crippen molar-refractivity contribution in [2.24, 2.45) is 17.8 Å². The molecular weight excluding hydrogens is 148 g/mol. The largest absolute Gasteiger partial charge is 0.299 e. The van der Waals surface area contributed by atoms with Crippen LogP contribution in [0.3, 0.4) is 0 Å². The molecule has 0 amide bonds. The SMILES string of the molecule is CC1CCC(C(C)C)CCC1=O. The first-order valence-corrected chi connectivity index (χ1v) is 5.14. The maximum absolute atomic E-state index is 11.4. The molecule has 0 saturated heterocycles. The second-order valence-corrected chi connectivity index (χ2v) is 4.49. The van der Waals surface area contributed by atoms with Crippen molar-refractivity contribution in [1.29, 1.82) is 0 Å². The Morgan fingerprint density at radius 2 is 1.92 bits per heavy atom. The molecule has 0 aromatic heterocycles. The Kier molecular flexibility index (Phi) is 3.30. The number of ketones is 1. The maximum Gasteiger partial charge on any atom is 0.135 e. The highest BCUT2D eigenvalue weighted by molar-refractivity contribution is 5.80. The molecule has 0 radical (unpaired) electrons. The van der Waals surface area contributed by atoms with Gasteiger partial charge in [-0.1, -0.05) is 20.8 Å². The van der Waals surface area contributed by atoms with Crippen LogP contribution in [-0.4, -0.2) is 5.78 Å². The van der Waals surface area contributed by atoms with E-state index in [0.717, 1.165) is 31.1 Å². The molecule has 0 aliphatic heterocycles. The van der Waals surface area contributed by atoms with Crippen molar-refractivity contribution in [2.75, 3.05) is 0 Å². The van der Waals surface area contributed by atoms with Gasteiger partial charge in [-0.3, -0.25) is 4.79 Å².